The van der Waals surface area contributed by atoms with E-state index in [1.807, 2.05) is 0 Å². The Bertz CT molecular complexity index is 522. The Hall–Kier alpha value is -1.92. The molecule has 0 radical (unpaired) electrons. The molecule has 3 rings (SSSR count). The average Bonchev–Trinajstić information content (AvgIpc) is 3.19. The molecule has 21 heavy (non-hydrogen) atoms. The molecule has 1 aliphatic carbocycles. The Balaban J connectivity index is 1.43. The van der Waals surface area contributed by atoms with E-state index in [1.165, 1.54) is 12.8 Å². The van der Waals surface area contributed by atoms with Crippen LogP contribution in [0.5, 0.6) is 0 Å². The minimum absolute atomic E-state index is 0.0606. The maximum atomic E-state index is 11.8. The highest BCUT2D eigenvalue weighted by Crippen LogP contribution is 2.32. The number of amides is 2. The van der Waals surface area contributed by atoms with Crippen LogP contribution < -0.4 is 10.6 Å². The van der Waals surface area contributed by atoms with Crippen LogP contribution in [0.4, 0.5) is 0 Å². The van der Waals surface area contributed by atoms with Gasteiger partial charge in [0, 0.05) is 25.3 Å². The molecule has 2 N–H and O–H groups in total. The van der Waals surface area contributed by atoms with Crippen molar-refractivity contribution in [3.8, 4) is 0 Å². The molecule has 1 aromatic heterocycles. The largest absolute Gasteiger partial charge is 0.354 e. The molecule has 7 heteroatoms. The molecule has 1 atom stereocenters. The summed E-state index contributed by atoms with van der Waals surface area (Å²) in [5, 5.41) is 9.40. The van der Waals surface area contributed by atoms with Gasteiger partial charge in [-0.1, -0.05) is 18.0 Å². The number of nitrogens with zero attached hydrogens (tertiary/aromatic N) is 2. The lowest BCUT2D eigenvalue weighted by Gasteiger charge is -2.09. The fourth-order valence-corrected chi connectivity index (χ4v) is 2.94. The summed E-state index contributed by atoms with van der Waals surface area (Å²) in [6.45, 7) is 0.453. The Kier molecular flexibility index (Phi) is 4.17. The van der Waals surface area contributed by atoms with Crippen LogP contribution in [0.25, 0.3) is 0 Å². The summed E-state index contributed by atoms with van der Waals surface area (Å²) in [7, 11) is 0. The van der Waals surface area contributed by atoms with Crippen LogP contribution in [0, 0.1) is 0 Å². The molecule has 1 aromatic rings. The zero-order chi connectivity index (χ0) is 14.7. The predicted molar refractivity (Wildman–Crippen MR) is 73.4 cm³/mol. The van der Waals surface area contributed by atoms with Crippen LogP contribution >= 0.6 is 0 Å². The van der Waals surface area contributed by atoms with Crippen LogP contribution in [-0.2, 0) is 16.0 Å². The van der Waals surface area contributed by atoms with E-state index in [1.54, 1.807) is 0 Å². The average molecular weight is 292 g/mol. The van der Waals surface area contributed by atoms with Gasteiger partial charge in [0.25, 0.3) is 0 Å². The Morgan fingerprint density at radius 3 is 2.86 bits per heavy atom. The minimum Gasteiger partial charge on any atom is -0.354 e. The fourth-order valence-electron chi connectivity index (χ4n) is 2.94. The Morgan fingerprint density at radius 2 is 2.14 bits per heavy atom. The fraction of sp³-hybridized carbons (Fsp3) is 0.714. The van der Waals surface area contributed by atoms with Crippen molar-refractivity contribution < 1.29 is 14.1 Å². The molecule has 2 aliphatic rings. The normalized spacial score (nSPS) is 22.5. The molecule has 7 nitrogen and oxygen atoms in total. The highest BCUT2D eigenvalue weighted by molar-refractivity contribution is 5.90. The minimum atomic E-state index is -0.392. The van der Waals surface area contributed by atoms with Crippen molar-refractivity contribution in [3.05, 3.63) is 11.7 Å². The Labute approximate surface area is 122 Å². The summed E-state index contributed by atoms with van der Waals surface area (Å²) in [6.07, 6.45) is 6.24. The van der Waals surface area contributed by atoms with Gasteiger partial charge in [0.1, 0.15) is 6.04 Å². The second-order valence-electron chi connectivity index (χ2n) is 5.73. The van der Waals surface area contributed by atoms with Crippen molar-refractivity contribution in [2.45, 2.75) is 56.9 Å². The van der Waals surface area contributed by atoms with Crippen LogP contribution in [0.1, 0.15) is 56.2 Å². The number of rotatable bonds is 5. The first-order chi connectivity index (χ1) is 10.2. The van der Waals surface area contributed by atoms with E-state index >= 15 is 0 Å². The molecule has 1 saturated heterocycles. The van der Waals surface area contributed by atoms with Crippen molar-refractivity contribution in [2.24, 2.45) is 0 Å². The van der Waals surface area contributed by atoms with E-state index < -0.39 is 6.04 Å². The second-order valence-corrected chi connectivity index (χ2v) is 5.73. The maximum Gasteiger partial charge on any atom is 0.242 e. The molecular weight excluding hydrogens is 272 g/mol. The highest BCUT2D eigenvalue weighted by Gasteiger charge is 2.27. The standard InChI is InChI=1S/C14H20N4O3/c19-12-6-5-10(16-12)13(20)15-8-7-11-17-14(21-18-11)9-3-1-2-4-9/h9-10H,1-8H2,(H,15,20)(H,16,19)/t10-/m0/s1. The molecule has 0 aromatic carbocycles. The molecule has 0 spiro atoms. The van der Waals surface area contributed by atoms with Gasteiger partial charge >= 0.3 is 0 Å². The van der Waals surface area contributed by atoms with Gasteiger partial charge in [0.15, 0.2) is 5.82 Å². The van der Waals surface area contributed by atoms with E-state index in [-0.39, 0.29) is 11.8 Å². The molecule has 0 unspecified atom stereocenters. The number of hydrogen-bond acceptors (Lipinski definition) is 5. The monoisotopic (exact) mass is 292 g/mol. The van der Waals surface area contributed by atoms with Crippen LogP contribution in [0.15, 0.2) is 4.52 Å². The van der Waals surface area contributed by atoms with Crippen LogP contribution in [0.2, 0.25) is 0 Å². The number of aromatic nitrogens is 2. The first kappa shape index (κ1) is 14.0. The zero-order valence-corrected chi connectivity index (χ0v) is 11.9. The van der Waals surface area contributed by atoms with Gasteiger partial charge in [-0.2, -0.15) is 4.98 Å². The quantitative estimate of drug-likeness (QED) is 0.831. The van der Waals surface area contributed by atoms with Gasteiger partial charge in [0.2, 0.25) is 17.7 Å². The van der Waals surface area contributed by atoms with E-state index in [0.29, 0.717) is 37.5 Å². The zero-order valence-electron chi connectivity index (χ0n) is 11.9. The SMILES string of the molecule is O=C1CC[C@@H](C(=O)NCCc2noc(C3CCCC3)n2)N1. The maximum absolute atomic E-state index is 11.8. The summed E-state index contributed by atoms with van der Waals surface area (Å²) >= 11 is 0. The summed E-state index contributed by atoms with van der Waals surface area (Å²) in [5.41, 5.74) is 0. The summed E-state index contributed by atoms with van der Waals surface area (Å²) in [6, 6.07) is -0.392. The molecular formula is C14H20N4O3. The number of carbonyl (C=O) groups excluding carboxylic acids is 2. The molecule has 114 valence electrons. The number of hydrogen-bond donors (Lipinski definition) is 2. The summed E-state index contributed by atoms with van der Waals surface area (Å²) in [4.78, 5) is 27.3. The highest BCUT2D eigenvalue weighted by atomic mass is 16.5. The van der Waals surface area contributed by atoms with Gasteiger partial charge in [-0.15, -0.1) is 0 Å². The van der Waals surface area contributed by atoms with E-state index in [9.17, 15) is 9.59 Å². The molecule has 1 aliphatic heterocycles. The lowest BCUT2D eigenvalue weighted by molar-refractivity contribution is -0.125. The van der Waals surface area contributed by atoms with Gasteiger partial charge in [-0.05, 0) is 19.3 Å². The lowest BCUT2D eigenvalue weighted by atomic mass is 10.1. The third-order valence-corrected chi connectivity index (χ3v) is 4.15. The van der Waals surface area contributed by atoms with Gasteiger partial charge in [-0.3, -0.25) is 9.59 Å². The third-order valence-electron chi connectivity index (χ3n) is 4.15. The van der Waals surface area contributed by atoms with Gasteiger partial charge < -0.3 is 15.2 Å². The topological polar surface area (TPSA) is 97.1 Å². The van der Waals surface area contributed by atoms with Crippen LogP contribution in [-0.4, -0.2) is 34.5 Å². The second kappa shape index (κ2) is 6.24. The van der Waals surface area contributed by atoms with E-state index in [2.05, 4.69) is 20.8 Å². The van der Waals surface area contributed by atoms with E-state index in [4.69, 9.17) is 4.52 Å². The van der Waals surface area contributed by atoms with Crippen molar-refractivity contribution in [1.82, 2.24) is 20.8 Å². The number of carbonyl (C=O) groups is 2. The van der Waals surface area contributed by atoms with Crippen molar-refractivity contribution in [1.29, 1.82) is 0 Å². The van der Waals surface area contributed by atoms with Crippen LogP contribution in [0.3, 0.4) is 0 Å². The first-order valence-corrected chi connectivity index (χ1v) is 7.62. The molecule has 2 heterocycles. The van der Waals surface area contributed by atoms with Crippen molar-refractivity contribution >= 4 is 11.8 Å². The molecule has 2 fully saturated rings. The molecule has 1 saturated carbocycles. The summed E-state index contributed by atoms with van der Waals surface area (Å²) in [5.74, 6) is 1.58. The number of nitrogens with one attached hydrogen (secondary N) is 2. The van der Waals surface area contributed by atoms with Gasteiger partial charge in [-0.25, -0.2) is 0 Å². The molecule has 0 bridgehead atoms. The lowest BCUT2D eigenvalue weighted by Crippen LogP contribution is -2.42. The van der Waals surface area contributed by atoms with Gasteiger partial charge in [0.05, 0.1) is 0 Å². The smallest absolute Gasteiger partial charge is 0.242 e. The Morgan fingerprint density at radius 1 is 1.33 bits per heavy atom. The summed E-state index contributed by atoms with van der Waals surface area (Å²) < 4.78 is 5.29. The van der Waals surface area contributed by atoms with Crippen molar-refractivity contribution in [2.75, 3.05) is 6.54 Å². The molecule has 2 amide bonds. The van der Waals surface area contributed by atoms with Crippen molar-refractivity contribution in [3.63, 3.8) is 0 Å². The predicted octanol–water partition coefficient (Wildman–Crippen LogP) is 0.664. The first-order valence-electron chi connectivity index (χ1n) is 7.62. The van der Waals surface area contributed by atoms with E-state index in [0.717, 1.165) is 18.7 Å². The third kappa shape index (κ3) is 3.40.